The van der Waals surface area contributed by atoms with E-state index in [4.69, 9.17) is 16.3 Å². The van der Waals surface area contributed by atoms with Gasteiger partial charge in [-0.15, -0.1) is 11.8 Å². The predicted molar refractivity (Wildman–Crippen MR) is 137 cm³/mol. The smallest absolute Gasteiger partial charge is 0.338 e. The average Bonchev–Trinajstić information content (AvgIpc) is 2.83. The van der Waals surface area contributed by atoms with E-state index < -0.39 is 5.97 Å². The second-order valence-electron chi connectivity index (χ2n) is 7.29. The Hall–Kier alpha value is -3.29. The van der Waals surface area contributed by atoms with Gasteiger partial charge in [-0.25, -0.2) is 4.79 Å². The standard InChI is InChI=1S/C26H25ClN2O4S/c1-3-23(25(31)28-20-13-11-17(12-14-20)26(32)33-4-2)34-22-10-6-9-21(16-22)29-24(30)18-7-5-8-19(27)15-18/h5-16,23H,3-4H2,1-2H3,(H,28,31)(H,29,30). The highest BCUT2D eigenvalue weighted by Gasteiger charge is 2.19. The molecule has 6 nitrogen and oxygen atoms in total. The summed E-state index contributed by atoms with van der Waals surface area (Å²) in [7, 11) is 0. The van der Waals surface area contributed by atoms with Gasteiger partial charge >= 0.3 is 5.97 Å². The number of halogens is 1. The number of thioether (sulfide) groups is 1. The second-order valence-corrected chi connectivity index (χ2v) is 9.01. The van der Waals surface area contributed by atoms with Crippen molar-refractivity contribution >= 4 is 52.5 Å². The van der Waals surface area contributed by atoms with Crippen LogP contribution in [0.5, 0.6) is 0 Å². The van der Waals surface area contributed by atoms with Gasteiger partial charge in [0.05, 0.1) is 17.4 Å². The van der Waals surface area contributed by atoms with E-state index in [1.54, 1.807) is 61.5 Å². The fourth-order valence-corrected chi connectivity index (χ4v) is 4.30. The molecule has 0 spiro atoms. The second kappa shape index (κ2) is 12.3. The van der Waals surface area contributed by atoms with Crippen LogP contribution in [0.2, 0.25) is 5.02 Å². The number of hydrogen-bond acceptors (Lipinski definition) is 5. The Morgan fingerprint density at radius 1 is 0.882 bits per heavy atom. The van der Waals surface area contributed by atoms with Gasteiger partial charge in [0, 0.05) is 26.9 Å². The minimum atomic E-state index is -0.398. The minimum Gasteiger partial charge on any atom is -0.462 e. The Morgan fingerprint density at radius 2 is 1.62 bits per heavy atom. The first-order valence-electron chi connectivity index (χ1n) is 10.8. The van der Waals surface area contributed by atoms with Gasteiger partial charge in [-0.1, -0.05) is 30.7 Å². The lowest BCUT2D eigenvalue weighted by Gasteiger charge is -2.16. The van der Waals surface area contributed by atoms with E-state index in [-0.39, 0.29) is 17.1 Å². The summed E-state index contributed by atoms with van der Waals surface area (Å²) >= 11 is 7.38. The van der Waals surface area contributed by atoms with Crippen LogP contribution in [-0.2, 0) is 9.53 Å². The molecule has 3 aromatic carbocycles. The molecule has 0 radical (unpaired) electrons. The van der Waals surface area contributed by atoms with E-state index in [9.17, 15) is 14.4 Å². The van der Waals surface area contributed by atoms with Crippen molar-refractivity contribution in [2.45, 2.75) is 30.4 Å². The molecule has 1 atom stereocenters. The normalized spacial score (nSPS) is 11.4. The molecule has 0 aliphatic heterocycles. The summed E-state index contributed by atoms with van der Waals surface area (Å²) in [4.78, 5) is 38.0. The van der Waals surface area contributed by atoms with Gasteiger partial charge in [0.1, 0.15) is 0 Å². The summed E-state index contributed by atoms with van der Waals surface area (Å²) in [5, 5.41) is 5.90. The summed E-state index contributed by atoms with van der Waals surface area (Å²) in [5.74, 6) is -0.810. The third-order valence-electron chi connectivity index (χ3n) is 4.78. The molecule has 2 N–H and O–H groups in total. The van der Waals surface area contributed by atoms with Gasteiger partial charge in [-0.2, -0.15) is 0 Å². The van der Waals surface area contributed by atoms with Gasteiger partial charge in [-0.05, 0) is 74.0 Å². The van der Waals surface area contributed by atoms with Crippen molar-refractivity contribution < 1.29 is 19.1 Å². The van der Waals surface area contributed by atoms with E-state index in [1.807, 2.05) is 25.1 Å². The number of benzene rings is 3. The third kappa shape index (κ3) is 7.10. The Kier molecular flexibility index (Phi) is 9.13. The van der Waals surface area contributed by atoms with E-state index in [0.29, 0.717) is 40.6 Å². The van der Waals surface area contributed by atoms with Crippen LogP contribution >= 0.6 is 23.4 Å². The Morgan fingerprint density at radius 3 is 2.29 bits per heavy atom. The minimum absolute atomic E-state index is 0.148. The zero-order chi connectivity index (χ0) is 24.5. The quantitative estimate of drug-likeness (QED) is 0.269. The molecule has 3 aromatic rings. The van der Waals surface area contributed by atoms with Crippen molar-refractivity contribution in [1.82, 2.24) is 0 Å². The summed E-state index contributed by atoms with van der Waals surface area (Å²) in [6, 6.07) is 20.7. The lowest BCUT2D eigenvalue weighted by molar-refractivity contribution is -0.115. The summed E-state index contributed by atoms with van der Waals surface area (Å²) in [6.45, 7) is 3.99. The maximum atomic E-state index is 12.8. The molecule has 0 saturated carbocycles. The Labute approximate surface area is 208 Å². The van der Waals surface area contributed by atoms with E-state index >= 15 is 0 Å². The summed E-state index contributed by atoms with van der Waals surface area (Å²) in [6.07, 6.45) is 0.608. The Bertz CT molecular complexity index is 1170. The van der Waals surface area contributed by atoms with E-state index in [0.717, 1.165) is 4.90 Å². The fourth-order valence-electron chi connectivity index (χ4n) is 3.09. The first-order chi connectivity index (χ1) is 16.4. The number of ether oxygens (including phenoxy) is 1. The number of amides is 2. The van der Waals surface area contributed by atoms with Crippen molar-refractivity contribution in [1.29, 1.82) is 0 Å². The number of hydrogen-bond donors (Lipinski definition) is 2. The molecular weight excluding hydrogens is 472 g/mol. The number of carbonyl (C=O) groups excluding carboxylic acids is 3. The molecule has 0 fully saturated rings. The van der Waals surface area contributed by atoms with Crippen molar-refractivity contribution in [2.24, 2.45) is 0 Å². The first-order valence-corrected chi connectivity index (χ1v) is 12.1. The molecule has 0 heterocycles. The van der Waals surface area contributed by atoms with Gasteiger partial charge in [-0.3, -0.25) is 9.59 Å². The molecule has 0 bridgehead atoms. The van der Waals surface area contributed by atoms with Crippen LogP contribution in [0.4, 0.5) is 11.4 Å². The van der Waals surface area contributed by atoms with E-state index in [2.05, 4.69) is 10.6 Å². The molecule has 0 aromatic heterocycles. The topological polar surface area (TPSA) is 84.5 Å². The monoisotopic (exact) mass is 496 g/mol. The van der Waals surface area contributed by atoms with Crippen molar-refractivity contribution in [2.75, 3.05) is 17.2 Å². The highest BCUT2D eigenvalue weighted by atomic mass is 35.5. The average molecular weight is 497 g/mol. The lowest BCUT2D eigenvalue weighted by atomic mass is 10.2. The zero-order valence-corrected chi connectivity index (χ0v) is 20.4. The molecule has 2 amide bonds. The number of rotatable bonds is 9. The van der Waals surface area contributed by atoms with Gasteiger partial charge in [0.15, 0.2) is 0 Å². The predicted octanol–water partition coefficient (Wildman–Crippen LogP) is 6.28. The van der Waals surface area contributed by atoms with Crippen LogP contribution in [0.15, 0.2) is 77.7 Å². The lowest BCUT2D eigenvalue weighted by Crippen LogP contribution is -2.24. The van der Waals surface area contributed by atoms with Crippen LogP contribution in [0.3, 0.4) is 0 Å². The van der Waals surface area contributed by atoms with Crippen LogP contribution < -0.4 is 10.6 Å². The molecule has 34 heavy (non-hydrogen) atoms. The third-order valence-corrected chi connectivity index (χ3v) is 6.38. The fraction of sp³-hybridized carbons (Fsp3) is 0.192. The maximum Gasteiger partial charge on any atom is 0.338 e. The van der Waals surface area contributed by atoms with Crippen molar-refractivity contribution in [3.63, 3.8) is 0 Å². The largest absolute Gasteiger partial charge is 0.462 e. The molecule has 0 aliphatic rings. The summed E-state index contributed by atoms with van der Waals surface area (Å²) in [5.41, 5.74) is 2.11. The highest BCUT2D eigenvalue weighted by molar-refractivity contribution is 8.00. The SMILES string of the molecule is CCOC(=O)c1ccc(NC(=O)C(CC)Sc2cccc(NC(=O)c3cccc(Cl)c3)c2)cc1. The van der Waals surface area contributed by atoms with Gasteiger partial charge < -0.3 is 15.4 Å². The van der Waals surface area contributed by atoms with E-state index in [1.165, 1.54) is 11.8 Å². The van der Waals surface area contributed by atoms with Crippen LogP contribution in [0.1, 0.15) is 41.0 Å². The van der Waals surface area contributed by atoms with Crippen LogP contribution in [0.25, 0.3) is 0 Å². The van der Waals surface area contributed by atoms with Crippen LogP contribution in [-0.4, -0.2) is 29.6 Å². The summed E-state index contributed by atoms with van der Waals surface area (Å²) < 4.78 is 4.97. The Balaban J connectivity index is 1.62. The molecule has 0 aliphatic carbocycles. The van der Waals surface area contributed by atoms with Gasteiger partial charge in [0.25, 0.3) is 5.91 Å². The van der Waals surface area contributed by atoms with Gasteiger partial charge in [0.2, 0.25) is 5.91 Å². The molecule has 176 valence electrons. The number of nitrogens with one attached hydrogen (secondary N) is 2. The number of esters is 1. The molecule has 1 unspecified atom stereocenters. The number of carbonyl (C=O) groups is 3. The molecular formula is C26H25ClN2O4S. The molecule has 0 saturated heterocycles. The van der Waals surface area contributed by atoms with Crippen LogP contribution in [0, 0.1) is 0 Å². The molecule has 3 rings (SSSR count). The van der Waals surface area contributed by atoms with Crippen molar-refractivity contribution in [3.05, 3.63) is 88.9 Å². The first kappa shape index (κ1) is 25.3. The highest BCUT2D eigenvalue weighted by Crippen LogP contribution is 2.29. The molecule has 8 heteroatoms. The van der Waals surface area contributed by atoms with Crippen molar-refractivity contribution in [3.8, 4) is 0 Å². The maximum absolute atomic E-state index is 12.8. The number of anilines is 2. The zero-order valence-electron chi connectivity index (χ0n) is 18.8.